The molecule has 2 heterocycles. The van der Waals surface area contributed by atoms with Crippen LogP contribution < -0.4 is 5.32 Å². The number of carbonyl (C=O) groups is 2. The van der Waals surface area contributed by atoms with Crippen LogP contribution in [0.25, 0.3) is 17.0 Å². The lowest BCUT2D eigenvalue weighted by atomic mass is 10.1. The number of fused-ring (bicyclic) bond motifs is 1. The molecular weight excluding hydrogens is 482 g/mol. The molecule has 8 nitrogen and oxygen atoms in total. The number of halogens is 1. The highest BCUT2D eigenvalue weighted by atomic mass is 35.5. The van der Waals surface area contributed by atoms with Crippen molar-refractivity contribution in [2.45, 2.75) is 27.0 Å². The summed E-state index contributed by atoms with van der Waals surface area (Å²) in [4.78, 5) is 27.7. The van der Waals surface area contributed by atoms with E-state index in [0.29, 0.717) is 11.6 Å². The van der Waals surface area contributed by atoms with Crippen molar-refractivity contribution < 1.29 is 23.5 Å². The highest BCUT2D eigenvalue weighted by Crippen LogP contribution is 2.30. The maximum absolute atomic E-state index is 12.5. The van der Waals surface area contributed by atoms with Crippen LogP contribution in [0.3, 0.4) is 0 Å². The molecule has 2 aromatic carbocycles. The van der Waals surface area contributed by atoms with Gasteiger partial charge in [0.05, 0.1) is 17.6 Å². The minimum absolute atomic E-state index is 0.0323. The van der Waals surface area contributed by atoms with Crippen LogP contribution in [0.15, 0.2) is 59.4 Å². The summed E-state index contributed by atoms with van der Waals surface area (Å²) in [5, 5.41) is 3.93. The molecule has 1 amide bonds. The average molecular weight is 508 g/mol. The Labute approximate surface area is 213 Å². The van der Waals surface area contributed by atoms with Crippen LogP contribution in [-0.4, -0.2) is 35.3 Å². The van der Waals surface area contributed by atoms with E-state index in [2.05, 4.69) is 51.7 Å². The Bertz CT molecular complexity index is 1420. The van der Waals surface area contributed by atoms with Gasteiger partial charge in [-0.1, -0.05) is 59.1 Å². The Balaban J connectivity index is 1.44. The van der Waals surface area contributed by atoms with Gasteiger partial charge in [-0.2, -0.15) is 0 Å². The normalized spacial score (nSPS) is 11.2. The number of hydrogen-bond donors (Lipinski definition) is 1. The SMILES string of the molecule is COC(=O)NC/C=C\c1nc(C(=O)OCc2cccc3c2c(Cl)cn3Cc2cc(C)cc(C)c2)co1. The first kappa shape index (κ1) is 25.1. The quantitative estimate of drug-likeness (QED) is 0.308. The van der Waals surface area contributed by atoms with Crippen molar-refractivity contribution in [1.82, 2.24) is 14.9 Å². The van der Waals surface area contributed by atoms with Crippen molar-refractivity contribution in [3.05, 3.63) is 93.8 Å². The fourth-order valence-electron chi connectivity index (χ4n) is 4.03. The topological polar surface area (TPSA) is 95.6 Å². The number of alkyl carbamates (subject to hydrolysis) is 1. The number of ether oxygens (including phenoxy) is 2. The minimum atomic E-state index is -0.617. The Morgan fingerprint density at radius 2 is 1.97 bits per heavy atom. The summed E-state index contributed by atoms with van der Waals surface area (Å²) in [5.41, 5.74) is 5.41. The number of esters is 1. The van der Waals surface area contributed by atoms with Gasteiger partial charge in [-0.3, -0.25) is 0 Å². The Morgan fingerprint density at radius 3 is 2.72 bits per heavy atom. The van der Waals surface area contributed by atoms with Crippen LogP contribution in [0.2, 0.25) is 5.02 Å². The van der Waals surface area contributed by atoms with Gasteiger partial charge in [0.2, 0.25) is 5.89 Å². The molecule has 4 rings (SSSR count). The second-order valence-electron chi connectivity index (χ2n) is 8.33. The Kier molecular flexibility index (Phi) is 7.75. The molecular formula is C27H26ClN3O5. The lowest BCUT2D eigenvalue weighted by Crippen LogP contribution is -2.22. The first-order chi connectivity index (χ1) is 17.3. The van der Waals surface area contributed by atoms with E-state index in [4.69, 9.17) is 20.8 Å². The van der Waals surface area contributed by atoms with Crippen molar-refractivity contribution in [3.63, 3.8) is 0 Å². The molecule has 186 valence electrons. The number of benzene rings is 2. The maximum atomic E-state index is 12.5. The summed E-state index contributed by atoms with van der Waals surface area (Å²) < 4.78 is 17.3. The number of nitrogens with zero attached hydrogens (tertiary/aromatic N) is 2. The van der Waals surface area contributed by atoms with Crippen LogP contribution in [0, 0.1) is 13.8 Å². The standard InChI is InChI=1S/C27H26ClN3O5/c1-17-10-18(2)12-19(11-17)13-31-14-21(28)25-20(6-4-7-23(25)31)15-36-26(32)22-16-35-24(30-22)8-5-9-29-27(33)34-3/h4-8,10-12,14,16H,9,13,15H2,1-3H3,(H,29,33)/b8-5-. The van der Waals surface area contributed by atoms with E-state index in [0.717, 1.165) is 16.5 Å². The highest BCUT2D eigenvalue weighted by Gasteiger charge is 2.16. The molecule has 0 aliphatic heterocycles. The third-order valence-electron chi connectivity index (χ3n) is 5.48. The van der Waals surface area contributed by atoms with E-state index in [1.165, 1.54) is 36.1 Å². The summed E-state index contributed by atoms with van der Waals surface area (Å²) in [5.74, 6) is -0.406. The predicted octanol–water partition coefficient (Wildman–Crippen LogP) is 5.67. The molecule has 9 heteroatoms. The van der Waals surface area contributed by atoms with Gasteiger partial charge in [0.15, 0.2) is 5.69 Å². The van der Waals surface area contributed by atoms with Crippen molar-refractivity contribution in [2.24, 2.45) is 0 Å². The third-order valence-corrected chi connectivity index (χ3v) is 5.77. The molecule has 0 aliphatic rings. The highest BCUT2D eigenvalue weighted by molar-refractivity contribution is 6.36. The van der Waals surface area contributed by atoms with Gasteiger partial charge in [-0.05, 0) is 31.6 Å². The van der Waals surface area contributed by atoms with Gasteiger partial charge >= 0.3 is 12.1 Å². The molecule has 0 radical (unpaired) electrons. The smallest absolute Gasteiger partial charge is 0.407 e. The van der Waals surface area contributed by atoms with Gasteiger partial charge in [0, 0.05) is 30.2 Å². The number of oxazole rings is 1. The van der Waals surface area contributed by atoms with Crippen molar-refractivity contribution >= 4 is 40.6 Å². The summed E-state index contributed by atoms with van der Waals surface area (Å²) >= 11 is 6.61. The number of nitrogens with one attached hydrogen (secondary N) is 1. The second kappa shape index (κ2) is 11.1. The van der Waals surface area contributed by atoms with Crippen molar-refractivity contribution in [2.75, 3.05) is 13.7 Å². The van der Waals surface area contributed by atoms with Gasteiger partial charge in [0.25, 0.3) is 0 Å². The molecule has 0 fully saturated rings. The van der Waals surface area contributed by atoms with Gasteiger partial charge in [0.1, 0.15) is 12.9 Å². The lowest BCUT2D eigenvalue weighted by molar-refractivity contribution is 0.0467. The zero-order valence-corrected chi connectivity index (χ0v) is 21.0. The van der Waals surface area contributed by atoms with E-state index in [1.807, 2.05) is 24.4 Å². The lowest BCUT2D eigenvalue weighted by Gasteiger charge is -2.09. The Hall–Kier alpha value is -4.04. The molecule has 4 aromatic rings. The summed E-state index contributed by atoms with van der Waals surface area (Å²) in [6, 6.07) is 12.3. The molecule has 0 aliphatic carbocycles. The summed E-state index contributed by atoms with van der Waals surface area (Å²) in [6.45, 7) is 5.10. The molecule has 1 N–H and O–H groups in total. The molecule has 0 bridgehead atoms. The zero-order valence-electron chi connectivity index (χ0n) is 20.2. The second-order valence-corrected chi connectivity index (χ2v) is 8.74. The number of aromatic nitrogens is 2. The van der Waals surface area contributed by atoms with Gasteiger partial charge in [-0.15, -0.1) is 0 Å². The van der Waals surface area contributed by atoms with Crippen LogP contribution in [0.5, 0.6) is 0 Å². The fourth-order valence-corrected chi connectivity index (χ4v) is 4.37. The first-order valence-electron chi connectivity index (χ1n) is 11.3. The van der Waals surface area contributed by atoms with Gasteiger partial charge < -0.3 is 23.8 Å². The summed E-state index contributed by atoms with van der Waals surface area (Å²) in [6.07, 6.45) is 5.73. The molecule has 0 atom stereocenters. The van der Waals surface area contributed by atoms with E-state index < -0.39 is 12.1 Å². The number of amides is 1. The van der Waals surface area contributed by atoms with E-state index >= 15 is 0 Å². The molecule has 0 saturated carbocycles. The van der Waals surface area contributed by atoms with E-state index in [1.54, 1.807) is 6.08 Å². The largest absolute Gasteiger partial charge is 0.456 e. The Morgan fingerprint density at radius 1 is 1.19 bits per heavy atom. The molecule has 36 heavy (non-hydrogen) atoms. The van der Waals surface area contributed by atoms with Crippen LogP contribution in [0.4, 0.5) is 4.79 Å². The van der Waals surface area contributed by atoms with E-state index in [9.17, 15) is 9.59 Å². The van der Waals surface area contributed by atoms with Crippen LogP contribution in [-0.2, 0) is 22.6 Å². The molecule has 0 unspecified atom stereocenters. The number of hydrogen-bond acceptors (Lipinski definition) is 6. The molecule has 0 spiro atoms. The number of aryl methyl sites for hydroxylation is 2. The van der Waals surface area contributed by atoms with Crippen molar-refractivity contribution in [1.29, 1.82) is 0 Å². The minimum Gasteiger partial charge on any atom is -0.456 e. The monoisotopic (exact) mass is 507 g/mol. The predicted molar refractivity (Wildman–Crippen MR) is 137 cm³/mol. The van der Waals surface area contributed by atoms with Crippen LogP contribution >= 0.6 is 11.6 Å². The molecule has 0 saturated heterocycles. The summed E-state index contributed by atoms with van der Waals surface area (Å²) in [7, 11) is 1.28. The fraction of sp³-hybridized carbons (Fsp3) is 0.222. The number of carbonyl (C=O) groups excluding carboxylic acids is 2. The number of methoxy groups -OCH3 is 1. The number of rotatable bonds is 8. The van der Waals surface area contributed by atoms with Crippen molar-refractivity contribution in [3.8, 4) is 0 Å². The zero-order chi connectivity index (χ0) is 25.7. The maximum Gasteiger partial charge on any atom is 0.407 e. The van der Waals surface area contributed by atoms with Crippen LogP contribution in [0.1, 0.15) is 38.6 Å². The average Bonchev–Trinajstić information content (AvgIpc) is 3.44. The first-order valence-corrected chi connectivity index (χ1v) is 11.7. The van der Waals surface area contributed by atoms with Gasteiger partial charge in [-0.25, -0.2) is 14.6 Å². The third kappa shape index (κ3) is 5.95. The molecule has 2 aromatic heterocycles. The van der Waals surface area contributed by atoms with E-state index in [-0.39, 0.29) is 24.7 Å².